The molecule has 2 saturated heterocycles. The van der Waals surface area contributed by atoms with Crippen LogP contribution in [0.2, 0.25) is 0 Å². The van der Waals surface area contributed by atoms with Crippen LogP contribution in [0.5, 0.6) is 0 Å². The predicted molar refractivity (Wildman–Crippen MR) is 100 cm³/mol. The van der Waals surface area contributed by atoms with E-state index in [1.165, 1.54) is 44.9 Å². The van der Waals surface area contributed by atoms with Crippen molar-refractivity contribution in [3.63, 3.8) is 0 Å². The molecule has 1 spiro atoms. The summed E-state index contributed by atoms with van der Waals surface area (Å²) in [5.74, 6) is 1.10. The average molecular weight is 371 g/mol. The number of likely N-dealkylation sites (tertiary alicyclic amines) is 2. The molecular formula is C19H34N2O3S. The Bertz CT molecular complexity index is 571. The zero-order valence-electron chi connectivity index (χ0n) is 15.7. The van der Waals surface area contributed by atoms with E-state index in [2.05, 4.69) is 4.90 Å². The lowest BCUT2D eigenvalue weighted by molar-refractivity contribution is -0.131. The van der Waals surface area contributed by atoms with Gasteiger partial charge in [-0.1, -0.05) is 19.3 Å². The molecule has 1 aliphatic carbocycles. The average Bonchev–Trinajstić information content (AvgIpc) is 2.73. The third-order valence-electron chi connectivity index (χ3n) is 6.61. The Morgan fingerprint density at radius 2 is 1.80 bits per heavy atom. The summed E-state index contributed by atoms with van der Waals surface area (Å²) in [7, 11) is -3.03. The van der Waals surface area contributed by atoms with Crippen LogP contribution in [-0.4, -0.2) is 67.9 Å². The van der Waals surface area contributed by atoms with Gasteiger partial charge in [0.05, 0.1) is 5.75 Å². The first-order chi connectivity index (χ1) is 11.9. The molecule has 3 fully saturated rings. The fourth-order valence-corrected chi connectivity index (χ4v) is 5.68. The number of rotatable bonds is 5. The largest absolute Gasteiger partial charge is 0.336 e. The summed E-state index contributed by atoms with van der Waals surface area (Å²) in [6, 6.07) is 0. The first-order valence-electron chi connectivity index (χ1n) is 10.1. The van der Waals surface area contributed by atoms with Gasteiger partial charge in [-0.3, -0.25) is 4.79 Å². The maximum atomic E-state index is 12.4. The molecule has 0 unspecified atom stereocenters. The highest BCUT2D eigenvalue weighted by Gasteiger charge is 2.45. The summed E-state index contributed by atoms with van der Waals surface area (Å²) in [6.45, 7) is 3.78. The molecule has 2 aliphatic heterocycles. The SMILES string of the molecule is CS(=O)(=O)CCN1C(=O)CC[C@@]12CCCN(CC1CCCCC1)CC2. The standard InChI is InChI=1S/C19H34N2O3S/c1-25(23,24)15-14-21-18(22)8-10-19(21)9-5-12-20(13-11-19)16-17-6-3-2-4-7-17/h17H,2-16H2,1H3/t19-/m1/s1. The van der Waals surface area contributed by atoms with Crippen LogP contribution in [0.25, 0.3) is 0 Å². The first kappa shape index (κ1) is 19.2. The van der Waals surface area contributed by atoms with E-state index in [9.17, 15) is 13.2 Å². The van der Waals surface area contributed by atoms with E-state index in [1.54, 1.807) is 0 Å². The summed E-state index contributed by atoms with van der Waals surface area (Å²) in [6.07, 6.45) is 12.8. The Kier molecular flexibility index (Phi) is 6.09. The van der Waals surface area contributed by atoms with E-state index in [-0.39, 0.29) is 17.2 Å². The van der Waals surface area contributed by atoms with Crippen LogP contribution >= 0.6 is 0 Å². The first-order valence-corrected chi connectivity index (χ1v) is 12.1. The number of nitrogens with zero attached hydrogens (tertiary/aromatic N) is 2. The molecule has 6 heteroatoms. The summed E-state index contributed by atoms with van der Waals surface area (Å²) < 4.78 is 23.1. The van der Waals surface area contributed by atoms with Crippen LogP contribution in [0, 0.1) is 5.92 Å². The van der Waals surface area contributed by atoms with Gasteiger partial charge < -0.3 is 9.80 Å². The van der Waals surface area contributed by atoms with Gasteiger partial charge in [0.15, 0.2) is 0 Å². The molecule has 3 rings (SSSR count). The maximum Gasteiger partial charge on any atom is 0.223 e. The van der Waals surface area contributed by atoms with Gasteiger partial charge in [0.25, 0.3) is 0 Å². The fraction of sp³-hybridized carbons (Fsp3) is 0.947. The van der Waals surface area contributed by atoms with Crippen LogP contribution in [0.1, 0.15) is 64.2 Å². The van der Waals surface area contributed by atoms with Crippen molar-refractivity contribution in [2.24, 2.45) is 5.92 Å². The zero-order valence-corrected chi connectivity index (χ0v) is 16.5. The van der Waals surface area contributed by atoms with Crippen LogP contribution in [0.3, 0.4) is 0 Å². The number of carbonyl (C=O) groups is 1. The molecule has 0 aromatic heterocycles. The Labute approximate surface area is 153 Å². The van der Waals surface area contributed by atoms with Gasteiger partial charge >= 0.3 is 0 Å². The summed E-state index contributed by atoms with van der Waals surface area (Å²) in [5, 5.41) is 0. The fourth-order valence-electron chi connectivity index (χ4n) is 5.17. The normalized spacial score (nSPS) is 30.1. The van der Waals surface area contributed by atoms with Gasteiger partial charge in [-0.2, -0.15) is 0 Å². The monoisotopic (exact) mass is 370 g/mol. The lowest BCUT2D eigenvalue weighted by Gasteiger charge is -2.38. The molecule has 2 heterocycles. The lowest BCUT2D eigenvalue weighted by atomic mass is 9.87. The summed E-state index contributed by atoms with van der Waals surface area (Å²) in [4.78, 5) is 16.9. The van der Waals surface area contributed by atoms with Crippen LogP contribution in [0.4, 0.5) is 0 Å². The van der Waals surface area contributed by atoms with Crippen LogP contribution in [0.15, 0.2) is 0 Å². The minimum Gasteiger partial charge on any atom is -0.336 e. The van der Waals surface area contributed by atoms with Gasteiger partial charge in [-0.15, -0.1) is 0 Å². The molecule has 0 aromatic rings. The topological polar surface area (TPSA) is 57.7 Å². The summed E-state index contributed by atoms with van der Waals surface area (Å²) >= 11 is 0. The molecule has 5 nitrogen and oxygen atoms in total. The molecule has 1 saturated carbocycles. The van der Waals surface area contributed by atoms with Gasteiger partial charge in [0.1, 0.15) is 9.84 Å². The number of sulfone groups is 1. The van der Waals surface area contributed by atoms with Gasteiger partial charge in [0, 0.05) is 37.8 Å². The molecule has 1 atom stereocenters. The molecular weight excluding hydrogens is 336 g/mol. The highest BCUT2D eigenvalue weighted by molar-refractivity contribution is 7.90. The number of hydrogen-bond donors (Lipinski definition) is 0. The number of carbonyl (C=O) groups excluding carboxylic acids is 1. The lowest BCUT2D eigenvalue weighted by Crippen LogP contribution is -2.48. The minimum atomic E-state index is -3.03. The summed E-state index contributed by atoms with van der Waals surface area (Å²) in [5.41, 5.74) is -0.0803. The Morgan fingerprint density at radius 1 is 1.04 bits per heavy atom. The van der Waals surface area contributed by atoms with Crippen molar-refractivity contribution >= 4 is 15.7 Å². The van der Waals surface area contributed by atoms with Crippen molar-refractivity contribution < 1.29 is 13.2 Å². The molecule has 25 heavy (non-hydrogen) atoms. The molecule has 0 bridgehead atoms. The van der Waals surface area contributed by atoms with E-state index in [0.29, 0.717) is 13.0 Å². The zero-order chi connectivity index (χ0) is 17.9. The second kappa shape index (κ2) is 7.95. The van der Waals surface area contributed by atoms with E-state index in [1.807, 2.05) is 4.90 Å². The quantitative estimate of drug-likeness (QED) is 0.746. The molecule has 0 aromatic carbocycles. The van der Waals surface area contributed by atoms with Crippen molar-refractivity contribution in [1.82, 2.24) is 9.80 Å². The van der Waals surface area contributed by atoms with Crippen molar-refractivity contribution in [1.29, 1.82) is 0 Å². The third-order valence-corrected chi connectivity index (χ3v) is 7.54. The van der Waals surface area contributed by atoms with Gasteiger partial charge in [-0.25, -0.2) is 8.42 Å². The van der Waals surface area contributed by atoms with Crippen molar-refractivity contribution in [2.45, 2.75) is 69.7 Å². The molecule has 0 N–H and O–H groups in total. The van der Waals surface area contributed by atoms with E-state index >= 15 is 0 Å². The Hall–Kier alpha value is -0.620. The molecule has 3 aliphatic rings. The highest BCUT2D eigenvalue weighted by atomic mass is 32.2. The van der Waals surface area contributed by atoms with Crippen LogP contribution in [-0.2, 0) is 14.6 Å². The van der Waals surface area contributed by atoms with Gasteiger partial charge in [0.2, 0.25) is 5.91 Å². The van der Waals surface area contributed by atoms with E-state index in [4.69, 9.17) is 0 Å². The molecule has 144 valence electrons. The molecule has 0 radical (unpaired) electrons. The van der Waals surface area contributed by atoms with Crippen molar-refractivity contribution in [3.8, 4) is 0 Å². The van der Waals surface area contributed by atoms with Crippen LogP contribution < -0.4 is 0 Å². The van der Waals surface area contributed by atoms with E-state index in [0.717, 1.165) is 44.7 Å². The Balaban J connectivity index is 1.60. The van der Waals surface area contributed by atoms with Gasteiger partial charge in [-0.05, 0) is 51.0 Å². The third kappa shape index (κ3) is 4.97. The smallest absolute Gasteiger partial charge is 0.223 e. The predicted octanol–water partition coefficient (Wildman–Crippen LogP) is 2.46. The highest BCUT2D eigenvalue weighted by Crippen LogP contribution is 2.39. The second-order valence-electron chi connectivity index (χ2n) is 8.56. The maximum absolute atomic E-state index is 12.4. The van der Waals surface area contributed by atoms with Crippen molar-refractivity contribution in [3.05, 3.63) is 0 Å². The number of hydrogen-bond acceptors (Lipinski definition) is 4. The van der Waals surface area contributed by atoms with Crippen molar-refractivity contribution in [2.75, 3.05) is 38.2 Å². The molecule has 1 amide bonds. The Morgan fingerprint density at radius 3 is 2.52 bits per heavy atom. The second-order valence-corrected chi connectivity index (χ2v) is 10.8. The minimum absolute atomic E-state index is 0.0803. The van der Waals surface area contributed by atoms with E-state index < -0.39 is 9.84 Å². The number of amides is 1.